The Labute approximate surface area is 169 Å². The van der Waals surface area contributed by atoms with Crippen molar-refractivity contribution in [3.05, 3.63) is 81.8 Å². The lowest BCUT2D eigenvalue weighted by atomic mass is 10.0. The molecule has 3 aromatic carbocycles. The molecule has 1 aliphatic heterocycles. The predicted molar refractivity (Wildman–Crippen MR) is 114 cm³/mol. The van der Waals surface area contributed by atoms with Crippen LogP contribution < -0.4 is 4.90 Å². The minimum absolute atomic E-state index is 0.631. The molecule has 0 amide bonds. The number of nitrogens with one attached hydrogen (secondary N) is 1. The topological polar surface area (TPSA) is 20.0 Å². The smallest absolute Gasteiger partial charge is 0.104 e. The second kappa shape index (κ2) is 8.30. The molecule has 1 N–H and O–H groups in total. The molecule has 1 saturated heterocycles. The van der Waals surface area contributed by atoms with Crippen molar-refractivity contribution >= 4 is 40.2 Å². The molecule has 0 unspecified atom stereocenters. The monoisotopic (exact) mass is 398 g/mol. The first-order valence-corrected chi connectivity index (χ1v) is 9.99. The zero-order valence-electron chi connectivity index (χ0n) is 15.0. The van der Waals surface area contributed by atoms with Gasteiger partial charge in [-0.25, -0.2) is 0 Å². The van der Waals surface area contributed by atoms with Gasteiger partial charge in [0.2, 0.25) is 0 Å². The maximum Gasteiger partial charge on any atom is 0.104 e. The van der Waals surface area contributed by atoms with Gasteiger partial charge in [0.1, 0.15) is 6.54 Å². The summed E-state index contributed by atoms with van der Waals surface area (Å²) in [7, 11) is 0. The Morgan fingerprint density at radius 2 is 1.74 bits per heavy atom. The van der Waals surface area contributed by atoms with E-state index < -0.39 is 0 Å². The summed E-state index contributed by atoms with van der Waals surface area (Å²) in [5, 5.41) is 10.7. The quantitative estimate of drug-likeness (QED) is 0.661. The van der Waals surface area contributed by atoms with Gasteiger partial charge in [0.05, 0.1) is 37.4 Å². The van der Waals surface area contributed by atoms with Crippen molar-refractivity contribution in [1.82, 2.24) is 5.01 Å². The fraction of sp³-hybridized carbons (Fsp3) is 0.227. The fourth-order valence-electron chi connectivity index (χ4n) is 3.57. The van der Waals surface area contributed by atoms with Gasteiger partial charge in [-0.3, -0.25) is 5.01 Å². The van der Waals surface area contributed by atoms with Crippen LogP contribution in [-0.2, 0) is 6.54 Å². The molecule has 0 aromatic heterocycles. The van der Waals surface area contributed by atoms with Crippen LogP contribution in [0.15, 0.2) is 65.8 Å². The fourth-order valence-corrected chi connectivity index (χ4v) is 4.03. The summed E-state index contributed by atoms with van der Waals surface area (Å²) in [6, 6.07) is 20.7. The number of hydrazone groups is 1. The van der Waals surface area contributed by atoms with Crippen LogP contribution in [0, 0.1) is 0 Å². The largest absolute Gasteiger partial charge is 0.328 e. The molecule has 1 aliphatic rings. The van der Waals surface area contributed by atoms with Gasteiger partial charge in [-0.1, -0.05) is 71.7 Å². The van der Waals surface area contributed by atoms with E-state index >= 15 is 0 Å². The molecule has 138 valence electrons. The van der Waals surface area contributed by atoms with Crippen LogP contribution in [0.4, 0.5) is 0 Å². The van der Waals surface area contributed by atoms with E-state index in [1.807, 2.05) is 18.3 Å². The lowest BCUT2D eigenvalue weighted by Crippen LogP contribution is -3.13. The summed E-state index contributed by atoms with van der Waals surface area (Å²) in [6.07, 6.45) is 1.83. The third-order valence-corrected chi connectivity index (χ3v) is 5.65. The number of rotatable bonds is 4. The summed E-state index contributed by atoms with van der Waals surface area (Å²) in [5.74, 6) is 0. The molecule has 3 aromatic rings. The minimum atomic E-state index is 0.631. The minimum Gasteiger partial charge on any atom is -0.328 e. The standard InChI is InChI=1S/C22H21Cl2N3/c23-20-9-8-18(22(24)14-20)15-25-27-12-10-26(11-13-27)16-19-6-3-5-17-4-1-2-7-21(17)19/h1-9,14-15H,10-13,16H2/p+1/b25-15-. The third kappa shape index (κ3) is 4.44. The predicted octanol–water partition coefficient (Wildman–Crippen LogP) is 3.88. The van der Waals surface area contributed by atoms with Crippen molar-refractivity contribution in [1.29, 1.82) is 0 Å². The molecule has 0 aliphatic carbocycles. The van der Waals surface area contributed by atoms with Gasteiger partial charge in [0.15, 0.2) is 0 Å². The molecule has 0 spiro atoms. The first-order valence-electron chi connectivity index (χ1n) is 9.23. The number of quaternary nitrogens is 1. The second-order valence-electron chi connectivity index (χ2n) is 6.93. The van der Waals surface area contributed by atoms with Crippen molar-refractivity contribution in [2.45, 2.75) is 6.54 Å². The van der Waals surface area contributed by atoms with Crippen molar-refractivity contribution in [2.75, 3.05) is 26.2 Å². The van der Waals surface area contributed by atoms with Crippen LogP contribution in [-0.4, -0.2) is 37.4 Å². The van der Waals surface area contributed by atoms with Crippen LogP contribution in [0.5, 0.6) is 0 Å². The van der Waals surface area contributed by atoms with Gasteiger partial charge in [-0.05, 0) is 22.9 Å². The van der Waals surface area contributed by atoms with Crippen LogP contribution in [0.1, 0.15) is 11.1 Å². The molecule has 3 nitrogen and oxygen atoms in total. The molecule has 5 heteroatoms. The van der Waals surface area contributed by atoms with E-state index in [0.717, 1.165) is 38.3 Å². The summed E-state index contributed by atoms with van der Waals surface area (Å²) in [6.45, 7) is 5.11. The molecule has 0 atom stereocenters. The van der Waals surface area contributed by atoms with Crippen LogP contribution in [0.3, 0.4) is 0 Å². The Bertz CT molecular complexity index is 957. The average molecular weight is 399 g/mol. The summed E-state index contributed by atoms with van der Waals surface area (Å²) >= 11 is 12.2. The molecular formula is C22H22Cl2N3+. The third-order valence-electron chi connectivity index (χ3n) is 5.09. The number of fused-ring (bicyclic) bond motifs is 1. The van der Waals surface area contributed by atoms with Gasteiger partial charge < -0.3 is 4.90 Å². The van der Waals surface area contributed by atoms with E-state index in [2.05, 4.69) is 52.6 Å². The zero-order chi connectivity index (χ0) is 18.6. The van der Waals surface area contributed by atoms with Crippen molar-refractivity contribution < 1.29 is 4.90 Å². The van der Waals surface area contributed by atoms with Gasteiger partial charge in [-0.2, -0.15) is 5.10 Å². The highest BCUT2D eigenvalue weighted by Gasteiger charge is 2.19. The number of piperazine rings is 1. The highest BCUT2D eigenvalue weighted by molar-refractivity contribution is 6.36. The van der Waals surface area contributed by atoms with Crippen LogP contribution >= 0.6 is 23.2 Å². The number of halogens is 2. The van der Waals surface area contributed by atoms with E-state index in [0.29, 0.717) is 10.0 Å². The van der Waals surface area contributed by atoms with Crippen molar-refractivity contribution in [3.63, 3.8) is 0 Å². The normalized spacial score (nSPS) is 15.7. The number of benzene rings is 3. The lowest BCUT2D eigenvalue weighted by Gasteiger charge is -2.30. The summed E-state index contributed by atoms with van der Waals surface area (Å²) in [5.41, 5.74) is 2.32. The molecule has 1 heterocycles. The van der Waals surface area contributed by atoms with E-state index in [1.165, 1.54) is 16.3 Å². The van der Waals surface area contributed by atoms with E-state index in [9.17, 15) is 0 Å². The van der Waals surface area contributed by atoms with Gasteiger partial charge in [0, 0.05) is 16.1 Å². The van der Waals surface area contributed by atoms with Crippen molar-refractivity contribution in [2.24, 2.45) is 5.10 Å². The van der Waals surface area contributed by atoms with Gasteiger partial charge in [0.25, 0.3) is 0 Å². The van der Waals surface area contributed by atoms with Gasteiger partial charge in [-0.15, -0.1) is 0 Å². The Balaban J connectivity index is 1.37. The Hall–Kier alpha value is -2.07. The molecule has 0 radical (unpaired) electrons. The first-order chi connectivity index (χ1) is 13.2. The summed E-state index contributed by atoms with van der Waals surface area (Å²) < 4.78 is 0. The molecular weight excluding hydrogens is 377 g/mol. The van der Waals surface area contributed by atoms with Crippen molar-refractivity contribution in [3.8, 4) is 0 Å². The molecule has 0 saturated carbocycles. The lowest BCUT2D eigenvalue weighted by molar-refractivity contribution is -0.918. The highest BCUT2D eigenvalue weighted by atomic mass is 35.5. The molecule has 4 rings (SSSR count). The van der Waals surface area contributed by atoms with E-state index in [1.54, 1.807) is 11.0 Å². The Morgan fingerprint density at radius 1 is 0.963 bits per heavy atom. The number of hydrogen-bond donors (Lipinski definition) is 1. The molecule has 1 fully saturated rings. The van der Waals surface area contributed by atoms with E-state index in [4.69, 9.17) is 23.2 Å². The number of nitrogens with zero attached hydrogens (tertiary/aromatic N) is 2. The van der Waals surface area contributed by atoms with Gasteiger partial charge >= 0.3 is 0 Å². The number of hydrogen-bond acceptors (Lipinski definition) is 2. The summed E-state index contributed by atoms with van der Waals surface area (Å²) in [4.78, 5) is 1.60. The SMILES string of the molecule is Clc1ccc(/C=N\N2CC[NH+](Cc3cccc4ccccc34)CC2)c(Cl)c1. The zero-order valence-corrected chi connectivity index (χ0v) is 16.5. The van der Waals surface area contributed by atoms with Crippen LogP contribution in [0.25, 0.3) is 10.8 Å². The maximum atomic E-state index is 6.21. The average Bonchev–Trinajstić information content (AvgIpc) is 2.69. The highest BCUT2D eigenvalue weighted by Crippen LogP contribution is 2.20. The van der Waals surface area contributed by atoms with Crippen LogP contribution in [0.2, 0.25) is 10.0 Å². The van der Waals surface area contributed by atoms with E-state index in [-0.39, 0.29) is 0 Å². The second-order valence-corrected chi connectivity index (χ2v) is 7.77. The Kier molecular flexibility index (Phi) is 5.63. The molecule has 0 bridgehead atoms. The molecule has 27 heavy (non-hydrogen) atoms. The Morgan fingerprint density at radius 3 is 2.56 bits per heavy atom. The first kappa shape index (κ1) is 18.3. The maximum absolute atomic E-state index is 6.21.